The minimum absolute atomic E-state index is 0.633. The van der Waals surface area contributed by atoms with Crippen molar-refractivity contribution < 1.29 is 14.0 Å². The van der Waals surface area contributed by atoms with Crippen LogP contribution >= 0.6 is 8.46 Å². The zero-order chi connectivity index (χ0) is 10.9. The molecule has 0 N–H and O–H groups in total. The highest BCUT2D eigenvalue weighted by Gasteiger charge is 2.23. The van der Waals surface area contributed by atoms with Crippen LogP contribution in [-0.2, 0) is 14.0 Å². The maximum Gasteiger partial charge on any atom is 0.213 e. The van der Waals surface area contributed by atoms with Crippen molar-refractivity contribution in [2.45, 2.75) is 52.0 Å². The molecule has 0 aliphatic rings. The second-order valence-corrected chi connectivity index (χ2v) is 4.82. The summed E-state index contributed by atoms with van der Waals surface area (Å²) < 4.78 is 21.9. The lowest BCUT2D eigenvalue weighted by molar-refractivity contribution is -0.164. The van der Waals surface area contributed by atoms with Gasteiger partial charge in [-0.25, -0.2) is 0 Å². The topological polar surface area (TPSA) is 35.5 Å². The standard InChI is InChI=1S/C10H23O3P/c1-4-6-8-12-10(3,14-11)13-9-7-5-2/h4-9,14H2,1-3H3. The summed E-state index contributed by atoms with van der Waals surface area (Å²) in [7, 11) is -1.04. The lowest BCUT2D eigenvalue weighted by atomic mass is 10.3. The Balaban J connectivity index is 3.73. The molecule has 0 rings (SSSR count). The van der Waals surface area contributed by atoms with Crippen molar-refractivity contribution in [3.63, 3.8) is 0 Å². The monoisotopic (exact) mass is 222 g/mol. The van der Waals surface area contributed by atoms with E-state index < -0.39 is 14.0 Å². The van der Waals surface area contributed by atoms with E-state index in [0.717, 1.165) is 25.7 Å². The van der Waals surface area contributed by atoms with Crippen LogP contribution in [0.1, 0.15) is 46.5 Å². The second-order valence-electron chi connectivity index (χ2n) is 3.54. The SMILES string of the molecule is CCCCOC(C)(OCCCC)[PH2]=O. The molecule has 0 aromatic rings. The van der Waals surface area contributed by atoms with E-state index in [9.17, 15) is 4.57 Å². The van der Waals surface area contributed by atoms with Crippen LogP contribution in [0.25, 0.3) is 0 Å². The molecule has 0 bridgehead atoms. The van der Waals surface area contributed by atoms with Crippen LogP contribution in [0.4, 0.5) is 0 Å². The van der Waals surface area contributed by atoms with Crippen molar-refractivity contribution in [1.29, 1.82) is 0 Å². The molecule has 86 valence electrons. The molecular weight excluding hydrogens is 199 g/mol. The third kappa shape index (κ3) is 6.58. The van der Waals surface area contributed by atoms with E-state index in [0.29, 0.717) is 13.2 Å². The zero-order valence-corrected chi connectivity index (χ0v) is 10.7. The molecule has 4 heteroatoms. The van der Waals surface area contributed by atoms with E-state index in [-0.39, 0.29) is 0 Å². The predicted octanol–water partition coefficient (Wildman–Crippen LogP) is 3.05. The number of ether oxygens (including phenoxy) is 2. The third-order valence-electron chi connectivity index (χ3n) is 1.99. The highest BCUT2D eigenvalue weighted by atomic mass is 31.1. The Labute approximate surface area is 88.4 Å². The van der Waals surface area contributed by atoms with Crippen molar-refractivity contribution in [3.8, 4) is 0 Å². The molecular formula is C10H23O3P. The van der Waals surface area contributed by atoms with E-state index >= 15 is 0 Å². The smallest absolute Gasteiger partial charge is 0.213 e. The quantitative estimate of drug-likeness (QED) is 0.341. The van der Waals surface area contributed by atoms with Crippen LogP contribution in [0.3, 0.4) is 0 Å². The van der Waals surface area contributed by atoms with Crippen LogP contribution in [0, 0.1) is 0 Å². The fraction of sp³-hybridized carbons (Fsp3) is 1.00. The number of hydrogen-bond acceptors (Lipinski definition) is 3. The number of unbranched alkanes of at least 4 members (excludes halogenated alkanes) is 2. The average molecular weight is 222 g/mol. The van der Waals surface area contributed by atoms with Gasteiger partial charge in [-0.1, -0.05) is 26.7 Å². The largest absolute Gasteiger partial charge is 0.344 e. The molecule has 0 fully saturated rings. The van der Waals surface area contributed by atoms with Crippen LogP contribution in [0.15, 0.2) is 0 Å². The first-order valence-corrected chi connectivity index (χ1v) is 6.47. The summed E-state index contributed by atoms with van der Waals surface area (Å²) in [4.78, 5) is 0. The molecule has 0 aromatic heterocycles. The molecule has 14 heavy (non-hydrogen) atoms. The first kappa shape index (κ1) is 14.2. The van der Waals surface area contributed by atoms with E-state index in [4.69, 9.17) is 9.47 Å². The van der Waals surface area contributed by atoms with Crippen LogP contribution in [0.5, 0.6) is 0 Å². The van der Waals surface area contributed by atoms with Gasteiger partial charge in [0, 0.05) is 0 Å². The number of rotatable bonds is 9. The van der Waals surface area contributed by atoms with E-state index in [2.05, 4.69) is 13.8 Å². The lowest BCUT2D eigenvalue weighted by Crippen LogP contribution is -2.26. The Morgan fingerprint density at radius 2 is 1.50 bits per heavy atom. The fourth-order valence-electron chi connectivity index (χ4n) is 0.948. The van der Waals surface area contributed by atoms with Gasteiger partial charge in [0.05, 0.1) is 13.2 Å². The second kappa shape index (κ2) is 8.46. The van der Waals surface area contributed by atoms with Gasteiger partial charge in [0.25, 0.3) is 0 Å². The summed E-state index contributed by atoms with van der Waals surface area (Å²) in [6.45, 7) is 7.23. The first-order valence-electron chi connectivity index (χ1n) is 5.42. The minimum atomic E-state index is -1.04. The summed E-state index contributed by atoms with van der Waals surface area (Å²) in [5.74, 6) is 0. The van der Waals surface area contributed by atoms with Gasteiger partial charge < -0.3 is 14.0 Å². The van der Waals surface area contributed by atoms with Crippen molar-refractivity contribution in [3.05, 3.63) is 0 Å². The molecule has 1 unspecified atom stereocenters. The molecule has 3 nitrogen and oxygen atoms in total. The summed E-state index contributed by atoms with van der Waals surface area (Å²) in [5, 5.41) is 0. The molecule has 1 atom stereocenters. The van der Waals surface area contributed by atoms with Gasteiger partial charge in [-0.3, -0.25) is 0 Å². The van der Waals surface area contributed by atoms with Gasteiger partial charge in [-0.05, 0) is 19.8 Å². The predicted molar refractivity (Wildman–Crippen MR) is 60.5 cm³/mol. The minimum Gasteiger partial charge on any atom is -0.344 e. The van der Waals surface area contributed by atoms with E-state index in [1.807, 2.05) is 0 Å². The molecule has 0 aliphatic carbocycles. The van der Waals surface area contributed by atoms with Gasteiger partial charge >= 0.3 is 0 Å². The molecule has 0 saturated carbocycles. The summed E-state index contributed by atoms with van der Waals surface area (Å²) in [6, 6.07) is 0. The van der Waals surface area contributed by atoms with Gasteiger partial charge in [0.1, 0.15) is 8.46 Å². The summed E-state index contributed by atoms with van der Waals surface area (Å²) in [6.07, 6.45) is 4.15. The maximum absolute atomic E-state index is 11.0. The lowest BCUT2D eigenvalue weighted by Gasteiger charge is -2.24. The van der Waals surface area contributed by atoms with Gasteiger partial charge in [-0.15, -0.1) is 0 Å². The third-order valence-corrected chi connectivity index (χ3v) is 2.75. The van der Waals surface area contributed by atoms with E-state index in [1.54, 1.807) is 6.92 Å². The van der Waals surface area contributed by atoms with Gasteiger partial charge in [0.15, 0.2) is 0 Å². The Kier molecular flexibility index (Phi) is 8.55. The summed E-state index contributed by atoms with van der Waals surface area (Å²) >= 11 is 0. The van der Waals surface area contributed by atoms with Crippen molar-refractivity contribution >= 4 is 8.46 Å². The number of hydrogen-bond donors (Lipinski definition) is 0. The summed E-state index contributed by atoms with van der Waals surface area (Å²) in [5.41, 5.74) is -0.829. The van der Waals surface area contributed by atoms with Crippen molar-refractivity contribution in [2.24, 2.45) is 0 Å². The van der Waals surface area contributed by atoms with Gasteiger partial charge in [0.2, 0.25) is 5.53 Å². The first-order chi connectivity index (χ1) is 6.68. The zero-order valence-electron chi connectivity index (χ0n) is 9.54. The molecule has 0 aromatic carbocycles. The molecule has 0 spiro atoms. The Bertz CT molecular complexity index is 140. The average Bonchev–Trinajstić information content (AvgIpc) is 2.19. The fourth-order valence-corrected chi connectivity index (χ4v) is 1.32. The molecule has 0 saturated heterocycles. The van der Waals surface area contributed by atoms with E-state index in [1.165, 1.54) is 0 Å². The molecule has 0 heterocycles. The molecule has 0 radical (unpaired) electrons. The van der Waals surface area contributed by atoms with Crippen LogP contribution < -0.4 is 0 Å². The van der Waals surface area contributed by atoms with Crippen molar-refractivity contribution in [1.82, 2.24) is 0 Å². The Hall–Kier alpha value is 0.150. The maximum atomic E-state index is 11.0. The highest BCUT2D eigenvalue weighted by molar-refractivity contribution is 7.25. The van der Waals surface area contributed by atoms with Crippen LogP contribution in [-0.4, -0.2) is 18.7 Å². The van der Waals surface area contributed by atoms with Crippen molar-refractivity contribution in [2.75, 3.05) is 13.2 Å². The molecule has 0 amide bonds. The van der Waals surface area contributed by atoms with Crippen LogP contribution in [0.2, 0.25) is 0 Å². The normalized spacial score (nSPS) is 12.8. The Morgan fingerprint density at radius 1 is 1.07 bits per heavy atom. The molecule has 0 aliphatic heterocycles. The highest BCUT2D eigenvalue weighted by Crippen LogP contribution is 2.26. The Morgan fingerprint density at radius 3 is 1.79 bits per heavy atom. The van der Waals surface area contributed by atoms with Gasteiger partial charge in [-0.2, -0.15) is 0 Å².